The van der Waals surface area contributed by atoms with Crippen molar-refractivity contribution in [2.45, 2.75) is 91.9 Å². The number of nitrogens with zero attached hydrogens (tertiary/aromatic N) is 4. The van der Waals surface area contributed by atoms with Crippen LogP contribution in [0.1, 0.15) is 55.4 Å². The van der Waals surface area contributed by atoms with E-state index >= 15 is 0 Å². The Bertz CT molecular complexity index is 2340. The number of allylic oxidation sites excluding steroid dienone is 8. The second-order valence-electron chi connectivity index (χ2n) is 17.5. The summed E-state index contributed by atoms with van der Waals surface area (Å²) in [5.41, 5.74) is 21.2. The Balaban J connectivity index is 1.28. The fraction of sp³-hybridized carbons (Fsp3) is 0.259. The summed E-state index contributed by atoms with van der Waals surface area (Å²) in [5.74, 6) is 0. The molecule has 0 fully saturated rings. The van der Waals surface area contributed by atoms with E-state index in [1.54, 1.807) is 0 Å². The summed E-state index contributed by atoms with van der Waals surface area (Å²) in [7, 11) is 0. The molecule has 2 unspecified atom stereocenters. The predicted octanol–water partition coefficient (Wildman–Crippen LogP) is 12.7. The minimum absolute atomic E-state index is 0.0828. The van der Waals surface area contributed by atoms with Crippen LogP contribution in [0, 0.1) is 0 Å². The van der Waals surface area contributed by atoms with Crippen molar-refractivity contribution in [2.24, 2.45) is 0 Å². The Hall–Kier alpha value is -6.00. The maximum Gasteiger partial charge on any atom is 0.143 e. The zero-order chi connectivity index (χ0) is 40.0. The van der Waals surface area contributed by atoms with Gasteiger partial charge in [-0.3, -0.25) is 0 Å². The van der Waals surface area contributed by atoms with Crippen molar-refractivity contribution in [3.63, 3.8) is 0 Å². The van der Waals surface area contributed by atoms with Crippen molar-refractivity contribution in [1.29, 1.82) is 0 Å². The third kappa shape index (κ3) is 5.48. The Morgan fingerprint density at radius 2 is 0.534 bits per heavy atom. The number of hydrogen-bond acceptors (Lipinski definition) is 4. The smallest absolute Gasteiger partial charge is 0.143 e. The van der Waals surface area contributed by atoms with E-state index < -0.39 is 0 Å². The van der Waals surface area contributed by atoms with E-state index in [9.17, 15) is 0 Å². The summed E-state index contributed by atoms with van der Waals surface area (Å²) in [6, 6.07) is 36.8. The van der Waals surface area contributed by atoms with Crippen molar-refractivity contribution in [3.05, 3.63) is 190 Å². The van der Waals surface area contributed by atoms with Gasteiger partial charge in [-0.1, -0.05) is 121 Å². The van der Waals surface area contributed by atoms with E-state index in [0.717, 1.165) is 0 Å². The van der Waals surface area contributed by atoms with E-state index in [-0.39, 0.29) is 36.5 Å². The quantitative estimate of drug-likeness (QED) is 0.186. The molecule has 2 heterocycles. The zero-order valence-electron chi connectivity index (χ0n) is 35.1. The highest BCUT2D eigenvalue weighted by molar-refractivity contribution is 5.91. The van der Waals surface area contributed by atoms with Gasteiger partial charge in [0, 0.05) is 0 Å². The Kier molecular flexibility index (Phi) is 8.67. The maximum atomic E-state index is 2.83. The SMILES string of the molecule is CC1=CC=C(C)C1N1c2ccc(-c3ccccc3)cc2N(C2C(C)=CC=C2C)C1C1N(C2C(C)=CC=C2C)c2ccc(-c3ccccc3)cc2N1C1C(C)=CC=C1C. The summed E-state index contributed by atoms with van der Waals surface area (Å²) in [6.07, 6.45) is 18.6. The first kappa shape index (κ1) is 36.3. The molecule has 0 bridgehead atoms. The Morgan fingerprint density at radius 1 is 0.276 bits per heavy atom. The normalized spacial score (nSPS) is 22.2. The second-order valence-corrected chi connectivity index (χ2v) is 17.5. The van der Waals surface area contributed by atoms with Crippen LogP contribution in [0.2, 0.25) is 0 Å². The molecule has 4 aromatic carbocycles. The molecule has 2 aliphatic heterocycles. The van der Waals surface area contributed by atoms with Crippen molar-refractivity contribution in [1.82, 2.24) is 0 Å². The summed E-state index contributed by atoms with van der Waals surface area (Å²) in [5, 5.41) is 0. The molecule has 10 rings (SSSR count). The highest BCUT2D eigenvalue weighted by Gasteiger charge is 2.57. The van der Waals surface area contributed by atoms with E-state index in [4.69, 9.17) is 0 Å². The molecular formula is C54H54N4. The molecule has 2 atom stereocenters. The first-order valence-corrected chi connectivity index (χ1v) is 21.0. The standard InChI is InChI=1S/C54H54N4/c1-33-19-20-34(2)49(33)55-45-29-27-43(41-15-11-9-12-16-41)31-47(45)57(51-37(5)23-24-38(51)6)53(55)54-56(50-35(3)21-22-36(50)4)46-30-28-44(42-17-13-10-14-18-42)32-48(46)58(54)52-39(7)25-26-40(52)8/h9-32,49-54H,1-8H3. The fourth-order valence-electron chi connectivity index (χ4n) is 11.1. The monoisotopic (exact) mass is 758 g/mol. The van der Waals surface area contributed by atoms with E-state index in [0.29, 0.717) is 0 Å². The van der Waals surface area contributed by atoms with Gasteiger partial charge in [-0.05, 0) is 146 Å². The lowest BCUT2D eigenvalue weighted by Gasteiger charge is -2.51. The van der Waals surface area contributed by atoms with Crippen LogP contribution < -0.4 is 19.6 Å². The highest BCUT2D eigenvalue weighted by atomic mass is 15.6. The van der Waals surface area contributed by atoms with E-state index in [2.05, 4.69) is 221 Å². The number of fused-ring (bicyclic) bond motifs is 2. The third-order valence-electron chi connectivity index (χ3n) is 13.7. The topological polar surface area (TPSA) is 13.0 Å². The van der Waals surface area contributed by atoms with Crippen molar-refractivity contribution < 1.29 is 0 Å². The Labute approximate surface area is 345 Å². The van der Waals surface area contributed by atoms with Crippen LogP contribution in [0.15, 0.2) is 190 Å². The van der Waals surface area contributed by atoms with Gasteiger partial charge in [-0.2, -0.15) is 0 Å². The predicted molar refractivity (Wildman–Crippen MR) is 246 cm³/mol. The van der Waals surface area contributed by atoms with Gasteiger partial charge in [0.2, 0.25) is 0 Å². The average molecular weight is 759 g/mol. The van der Waals surface area contributed by atoms with Gasteiger partial charge in [0.05, 0.1) is 46.9 Å². The highest BCUT2D eigenvalue weighted by Crippen LogP contribution is 2.56. The summed E-state index contributed by atoms with van der Waals surface area (Å²) in [4.78, 5) is 11.3. The summed E-state index contributed by atoms with van der Waals surface area (Å²) >= 11 is 0. The van der Waals surface area contributed by atoms with Crippen LogP contribution >= 0.6 is 0 Å². The van der Waals surface area contributed by atoms with Crippen LogP contribution in [0.5, 0.6) is 0 Å². The summed E-state index contributed by atoms with van der Waals surface area (Å²) in [6.45, 7) is 18.7. The number of hydrogen-bond donors (Lipinski definition) is 0. The second kappa shape index (κ2) is 13.8. The van der Waals surface area contributed by atoms with Gasteiger partial charge in [0.25, 0.3) is 0 Å². The van der Waals surface area contributed by atoms with Crippen LogP contribution in [0.25, 0.3) is 22.3 Å². The largest absolute Gasteiger partial charge is 0.335 e. The zero-order valence-corrected chi connectivity index (χ0v) is 35.1. The summed E-state index contributed by atoms with van der Waals surface area (Å²) < 4.78 is 0. The lowest BCUT2D eigenvalue weighted by Crippen LogP contribution is -2.68. The maximum absolute atomic E-state index is 2.83. The van der Waals surface area contributed by atoms with Gasteiger partial charge in [0.15, 0.2) is 0 Å². The fourth-order valence-corrected chi connectivity index (χ4v) is 11.1. The minimum Gasteiger partial charge on any atom is -0.335 e. The molecule has 4 nitrogen and oxygen atoms in total. The van der Waals surface area contributed by atoms with Crippen LogP contribution in [-0.4, -0.2) is 36.5 Å². The lowest BCUT2D eigenvalue weighted by molar-refractivity contribution is 0.412. The molecule has 0 saturated heterocycles. The molecule has 0 saturated carbocycles. The van der Waals surface area contributed by atoms with Crippen molar-refractivity contribution in [3.8, 4) is 22.3 Å². The third-order valence-corrected chi connectivity index (χ3v) is 13.7. The van der Waals surface area contributed by atoms with Crippen LogP contribution in [0.4, 0.5) is 22.7 Å². The van der Waals surface area contributed by atoms with Crippen LogP contribution in [-0.2, 0) is 0 Å². The van der Waals surface area contributed by atoms with Gasteiger partial charge >= 0.3 is 0 Å². The molecule has 58 heavy (non-hydrogen) atoms. The first-order chi connectivity index (χ1) is 28.1. The van der Waals surface area contributed by atoms with Gasteiger partial charge in [-0.15, -0.1) is 0 Å². The molecule has 4 aromatic rings. The van der Waals surface area contributed by atoms with E-state index in [1.165, 1.54) is 89.6 Å². The molecule has 290 valence electrons. The number of rotatable bonds is 7. The minimum atomic E-state index is -0.0828. The van der Waals surface area contributed by atoms with Gasteiger partial charge < -0.3 is 19.6 Å². The average Bonchev–Trinajstić information content (AvgIpc) is 4.07. The first-order valence-electron chi connectivity index (χ1n) is 21.0. The van der Waals surface area contributed by atoms with Gasteiger partial charge in [-0.25, -0.2) is 0 Å². The molecule has 0 aromatic heterocycles. The lowest BCUT2D eigenvalue weighted by atomic mass is 9.98. The molecule has 4 aliphatic carbocycles. The molecule has 4 heteroatoms. The molecule has 0 N–H and O–H groups in total. The number of anilines is 4. The Morgan fingerprint density at radius 3 is 0.810 bits per heavy atom. The molecule has 0 amide bonds. The number of benzene rings is 4. The molecular weight excluding hydrogens is 705 g/mol. The van der Waals surface area contributed by atoms with E-state index in [1.807, 2.05) is 0 Å². The van der Waals surface area contributed by atoms with Gasteiger partial charge in [0.1, 0.15) is 12.3 Å². The van der Waals surface area contributed by atoms with Crippen LogP contribution in [0.3, 0.4) is 0 Å². The van der Waals surface area contributed by atoms with Crippen molar-refractivity contribution >= 4 is 22.7 Å². The molecule has 0 spiro atoms. The van der Waals surface area contributed by atoms with Crippen molar-refractivity contribution in [2.75, 3.05) is 19.6 Å². The molecule has 0 radical (unpaired) electrons. The molecule has 6 aliphatic rings.